The average Bonchev–Trinajstić information content (AvgIpc) is 2.30. The molecule has 0 bridgehead atoms. The van der Waals surface area contributed by atoms with E-state index in [1.165, 1.54) is 0 Å². The van der Waals surface area contributed by atoms with Gasteiger partial charge in [0.2, 0.25) is 0 Å². The summed E-state index contributed by atoms with van der Waals surface area (Å²) in [6.07, 6.45) is 0. The van der Waals surface area contributed by atoms with Gasteiger partial charge in [0.15, 0.2) is 0 Å². The molecule has 1 aromatic carbocycles. The van der Waals surface area contributed by atoms with Gasteiger partial charge in [0.25, 0.3) is 0 Å². The summed E-state index contributed by atoms with van der Waals surface area (Å²) in [5, 5.41) is 12.4. The summed E-state index contributed by atoms with van der Waals surface area (Å²) in [5.41, 5.74) is 1.30. The molecule has 0 fully saturated rings. The monoisotopic (exact) mass is 229 g/mol. The Morgan fingerprint density at radius 3 is 2.69 bits per heavy atom. The van der Waals surface area contributed by atoms with E-state index in [4.69, 9.17) is 16.9 Å². The standard InChI is InChI=1S/C12H8ClN3/c13-11-6-3-7-12(16-11)15-10-5-2-1-4-9(10)8-14/h1-7H,(H,15,16). The highest BCUT2D eigenvalue weighted by molar-refractivity contribution is 6.29. The smallest absolute Gasteiger partial charge is 0.132 e. The highest BCUT2D eigenvalue weighted by Crippen LogP contribution is 2.19. The van der Waals surface area contributed by atoms with Crippen LogP contribution in [0.25, 0.3) is 0 Å². The molecular formula is C12H8ClN3. The first-order chi connectivity index (χ1) is 7.79. The molecule has 0 aliphatic carbocycles. The van der Waals surface area contributed by atoms with Crippen LogP contribution in [0.2, 0.25) is 5.15 Å². The van der Waals surface area contributed by atoms with E-state index in [9.17, 15) is 0 Å². The van der Waals surface area contributed by atoms with Crippen LogP contribution >= 0.6 is 11.6 Å². The third-order valence-corrected chi connectivity index (χ3v) is 2.24. The molecule has 16 heavy (non-hydrogen) atoms. The lowest BCUT2D eigenvalue weighted by atomic mass is 10.2. The number of rotatable bonds is 2. The second-order valence-corrected chi connectivity index (χ2v) is 3.52. The van der Waals surface area contributed by atoms with Crippen LogP contribution in [0, 0.1) is 11.3 Å². The molecule has 0 amide bonds. The number of nitrogens with one attached hydrogen (secondary N) is 1. The predicted molar refractivity (Wildman–Crippen MR) is 63.7 cm³/mol. The number of nitrogens with zero attached hydrogens (tertiary/aromatic N) is 2. The first-order valence-corrected chi connectivity index (χ1v) is 5.06. The first kappa shape index (κ1) is 10.5. The van der Waals surface area contributed by atoms with Gasteiger partial charge in [-0.1, -0.05) is 29.8 Å². The second kappa shape index (κ2) is 4.65. The molecule has 0 atom stereocenters. The van der Waals surface area contributed by atoms with Gasteiger partial charge >= 0.3 is 0 Å². The van der Waals surface area contributed by atoms with Crippen LogP contribution in [0.3, 0.4) is 0 Å². The molecule has 0 aliphatic rings. The molecule has 0 radical (unpaired) electrons. The van der Waals surface area contributed by atoms with Gasteiger partial charge in [-0.05, 0) is 24.3 Å². The summed E-state index contributed by atoms with van der Waals surface area (Å²) in [6.45, 7) is 0. The van der Waals surface area contributed by atoms with Crippen LogP contribution in [0.4, 0.5) is 11.5 Å². The molecule has 1 heterocycles. The minimum absolute atomic E-state index is 0.416. The van der Waals surface area contributed by atoms with Crippen LogP contribution in [0.5, 0.6) is 0 Å². The fourth-order valence-corrected chi connectivity index (χ4v) is 1.47. The van der Waals surface area contributed by atoms with E-state index in [1.54, 1.807) is 24.3 Å². The molecule has 4 heteroatoms. The Labute approximate surface area is 98.3 Å². The van der Waals surface area contributed by atoms with E-state index < -0.39 is 0 Å². The summed E-state index contributed by atoms with van der Waals surface area (Å²) >= 11 is 5.77. The molecule has 2 rings (SSSR count). The van der Waals surface area contributed by atoms with E-state index in [0.717, 1.165) is 5.69 Å². The maximum absolute atomic E-state index is 8.91. The summed E-state index contributed by atoms with van der Waals surface area (Å²) in [5.74, 6) is 0.621. The largest absolute Gasteiger partial charge is 0.339 e. The number of benzene rings is 1. The van der Waals surface area contributed by atoms with Crippen molar-refractivity contribution in [3.8, 4) is 6.07 Å². The molecule has 0 unspecified atom stereocenters. The number of para-hydroxylation sites is 1. The van der Waals surface area contributed by atoms with Crippen molar-refractivity contribution < 1.29 is 0 Å². The minimum Gasteiger partial charge on any atom is -0.339 e. The fraction of sp³-hybridized carbons (Fsp3) is 0. The predicted octanol–water partition coefficient (Wildman–Crippen LogP) is 3.35. The van der Waals surface area contributed by atoms with Crippen molar-refractivity contribution >= 4 is 23.1 Å². The van der Waals surface area contributed by atoms with Gasteiger partial charge in [-0.2, -0.15) is 5.26 Å². The van der Waals surface area contributed by atoms with Gasteiger partial charge in [-0.3, -0.25) is 0 Å². The molecule has 0 spiro atoms. The maximum Gasteiger partial charge on any atom is 0.132 e. The Morgan fingerprint density at radius 2 is 1.94 bits per heavy atom. The SMILES string of the molecule is N#Cc1ccccc1Nc1cccc(Cl)n1. The van der Waals surface area contributed by atoms with Gasteiger partial charge < -0.3 is 5.32 Å². The van der Waals surface area contributed by atoms with Crippen molar-refractivity contribution in [3.05, 3.63) is 53.2 Å². The van der Waals surface area contributed by atoms with Crippen molar-refractivity contribution in [2.45, 2.75) is 0 Å². The maximum atomic E-state index is 8.91. The van der Waals surface area contributed by atoms with Crippen LogP contribution in [-0.2, 0) is 0 Å². The topological polar surface area (TPSA) is 48.7 Å². The fourth-order valence-electron chi connectivity index (χ4n) is 1.31. The quantitative estimate of drug-likeness (QED) is 0.804. The zero-order valence-corrected chi connectivity index (χ0v) is 9.07. The van der Waals surface area contributed by atoms with Crippen molar-refractivity contribution in [1.82, 2.24) is 4.98 Å². The Kier molecular flexibility index (Phi) is 3.04. The molecule has 78 valence electrons. The third-order valence-electron chi connectivity index (χ3n) is 2.03. The molecule has 1 aromatic heterocycles. The van der Waals surface area contributed by atoms with Gasteiger partial charge in [0, 0.05) is 0 Å². The summed E-state index contributed by atoms with van der Waals surface area (Å²) < 4.78 is 0. The van der Waals surface area contributed by atoms with Gasteiger partial charge in [-0.25, -0.2) is 4.98 Å². The number of hydrogen-bond donors (Lipinski definition) is 1. The molecule has 3 nitrogen and oxygen atoms in total. The average molecular weight is 230 g/mol. The summed E-state index contributed by atoms with van der Waals surface area (Å²) in [7, 11) is 0. The number of aromatic nitrogens is 1. The Bertz CT molecular complexity index is 546. The van der Waals surface area contributed by atoms with E-state index in [2.05, 4.69) is 16.4 Å². The zero-order chi connectivity index (χ0) is 11.4. The van der Waals surface area contributed by atoms with E-state index in [1.807, 2.05) is 18.2 Å². The number of nitriles is 1. The van der Waals surface area contributed by atoms with E-state index >= 15 is 0 Å². The lowest BCUT2D eigenvalue weighted by Gasteiger charge is -2.06. The zero-order valence-electron chi connectivity index (χ0n) is 8.31. The van der Waals surface area contributed by atoms with Crippen LogP contribution in [-0.4, -0.2) is 4.98 Å². The van der Waals surface area contributed by atoms with Crippen LogP contribution in [0.1, 0.15) is 5.56 Å². The summed E-state index contributed by atoms with van der Waals surface area (Å²) in [6, 6.07) is 14.6. The molecule has 0 aliphatic heterocycles. The van der Waals surface area contributed by atoms with E-state index in [0.29, 0.717) is 16.5 Å². The first-order valence-electron chi connectivity index (χ1n) is 4.68. The second-order valence-electron chi connectivity index (χ2n) is 3.13. The molecule has 2 aromatic rings. The number of hydrogen-bond acceptors (Lipinski definition) is 3. The normalized spacial score (nSPS) is 9.50. The molecule has 1 N–H and O–H groups in total. The molecule has 0 saturated carbocycles. The number of anilines is 2. The Morgan fingerprint density at radius 1 is 1.12 bits per heavy atom. The Hall–Kier alpha value is -2.05. The number of halogens is 1. The molecule has 0 saturated heterocycles. The van der Waals surface area contributed by atoms with Crippen molar-refractivity contribution in [2.24, 2.45) is 0 Å². The third kappa shape index (κ3) is 2.30. The van der Waals surface area contributed by atoms with Crippen molar-refractivity contribution in [1.29, 1.82) is 5.26 Å². The molecular weight excluding hydrogens is 222 g/mol. The van der Waals surface area contributed by atoms with Gasteiger partial charge in [0.05, 0.1) is 11.3 Å². The van der Waals surface area contributed by atoms with E-state index in [-0.39, 0.29) is 0 Å². The summed E-state index contributed by atoms with van der Waals surface area (Å²) in [4.78, 5) is 4.09. The number of pyridine rings is 1. The highest BCUT2D eigenvalue weighted by atomic mass is 35.5. The minimum atomic E-state index is 0.416. The van der Waals surface area contributed by atoms with Gasteiger partial charge in [-0.15, -0.1) is 0 Å². The highest BCUT2D eigenvalue weighted by Gasteiger charge is 2.01. The van der Waals surface area contributed by atoms with Crippen LogP contribution < -0.4 is 5.32 Å². The van der Waals surface area contributed by atoms with Gasteiger partial charge in [0.1, 0.15) is 17.0 Å². The Balaban J connectivity index is 2.31. The van der Waals surface area contributed by atoms with Crippen molar-refractivity contribution in [3.63, 3.8) is 0 Å². The van der Waals surface area contributed by atoms with Crippen molar-refractivity contribution in [2.75, 3.05) is 5.32 Å². The lowest BCUT2D eigenvalue weighted by molar-refractivity contribution is 1.30. The lowest BCUT2D eigenvalue weighted by Crippen LogP contribution is -1.95. The van der Waals surface area contributed by atoms with Crippen LogP contribution in [0.15, 0.2) is 42.5 Å².